The van der Waals surface area contributed by atoms with Gasteiger partial charge in [-0.1, -0.05) is 11.6 Å². The Balaban J connectivity index is 2.46. The van der Waals surface area contributed by atoms with E-state index in [0.29, 0.717) is 5.56 Å². The Kier molecular flexibility index (Phi) is 2.61. The molecule has 0 spiro atoms. The van der Waals surface area contributed by atoms with E-state index in [1.165, 1.54) is 17.5 Å². The number of carbonyl (C=O) groups excluding carboxylic acids is 1. The van der Waals surface area contributed by atoms with Gasteiger partial charge in [0, 0.05) is 28.4 Å². The van der Waals surface area contributed by atoms with Crippen molar-refractivity contribution in [2.75, 3.05) is 0 Å². The van der Waals surface area contributed by atoms with E-state index in [9.17, 15) is 4.79 Å². The zero-order valence-electron chi connectivity index (χ0n) is 7.11. The highest BCUT2D eigenvalue weighted by Crippen LogP contribution is 2.30. The summed E-state index contributed by atoms with van der Waals surface area (Å²) in [5.74, 6) is 0. The first-order valence-electron chi connectivity index (χ1n) is 3.95. The molecular weight excluding hydrogens is 218 g/mol. The van der Waals surface area contributed by atoms with Crippen molar-refractivity contribution in [2.45, 2.75) is 0 Å². The van der Waals surface area contributed by atoms with Crippen LogP contribution in [0, 0.1) is 0 Å². The number of hydrogen-bond donors (Lipinski definition) is 0. The van der Waals surface area contributed by atoms with E-state index in [4.69, 9.17) is 11.6 Å². The molecule has 0 aliphatic rings. The molecule has 0 saturated carbocycles. The second kappa shape index (κ2) is 3.90. The molecule has 70 valence electrons. The van der Waals surface area contributed by atoms with Crippen LogP contribution in [0.5, 0.6) is 0 Å². The Morgan fingerprint density at radius 1 is 1.36 bits per heavy atom. The molecule has 2 aromatic heterocycles. The summed E-state index contributed by atoms with van der Waals surface area (Å²) in [5, 5.41) is 0. The van der Waals surface area contributed by atoms with Crippen LogP contribution in [-0.2, 0) is 0 Å². The van der Waals surface area contributed by atoms with Gasteiger partial charge in [0.25, 0.3) is 0 Å². The minimum atomic E-state index is 0.576. The van der Waals surface area contributed by atoms with Gasteiger partial charge in [0.05, 0.1) is 4.34 Å². The second-order valence-electron chi connectivity index (χ2n) is 2.73. The van der Waals surface area contributed by atoms with E-state index >= 15 is 0 Å². The Labute approximate surface area is 90.2 Å². The van der Waals surface area contributed by atoms with Gasteiger partial charge in [0.15, 0.2) is 6.29 Å². The highest BCUT2D eigenvalue weighted by Gasteiger charge is 2.02. The monoisotopic (exact) mass is 223 g/mol. The van der Waals surface area contributed by atoms with E-state index in [1.54, 1.807) is 12.3 Å². The van der Waals surface area contributed by atoms with Crippen LogP contribution in [0.25, 0.3) is 10.4 Å². The number of hydrogen-bond acceptors (Lipinski definition) is 3. The number of aldehydes is 1. The van der Waals surface area contributed by atoms with Gasteiger partial charge in [-0.2, -0.15) is 0 Å². The maximum Gasteiger partial charge on any atom is 0.151 e. The molecule has 2 heterocycles. The predicted octanol–water partition coefficient (Wildman–Crippen LogP) is 3.28. The van der Waals surface area contributed by atoms with Crippen molar-refractivity contribution in [1.29, 1.82) is 0 Å². The number of thiophene rings is 1. The lowest BCUT2D eigenvalue weighted by molar-refractivity contribution is 0.112. The standard InChI is InChI=1S/C10H6ClNOS/c11-10-2-1-9(14-10)8-3-7(6-13)4-12-5-8/h1-6H. The fourth-order valence-electron chi connectivity index (χ4n) is 1.13. The van der Waals surface area contributed by atoms with Gasteiger partial charge in [-0.25, -0.2) is 0 Å². The molecule has 0 N–H and O–H groups in total. The summed E-state index contributed by atoms with van der Waals surface area (Å²) in [6.07, 6.45) is 4.03. The molecule has 4 heteroatoms. The average Bonchev–Trinajstić information content (AvgIpc) is 2.65. The minimum Gasteiger partial charge on any atom is -0.298 e. The van der Waals surface area contributed by atoms with E-state index in [2.05, 4.69) is 4.98 Å². The van der Waals surface area contributed by atoms with Crippen LogP contribution in [0.2, 0.25) is 4.34 Å². The molecule has 0 aliphatic carbocycles. The second-order valence-corrected chi connectivity index (χ2v) is 4.44. The largest absolute Gasteiger partial charge is 0.298 e. The van der Waals surface area contributed by atoms with Crippen LogP contribution in [0.4, 0.5) is 0 Å². The van der Waals surface area contributed by atoms with Gasteiger partial charge in [0.2, 0.25) is 0 Å². The lowest BCUT2D eigenvalue weighted by atomic mass is 10.2. The topological polar surface area (TPSA) is 30.0 Å². The molecule has 0 unspecified atom stereocenters. The molecule has 2 nitrogen and oxygen atoms in total. The van der Waals surface area contributed by atoms with Gasteiger partial charge in [0.1, 0.15) is 0 Å². The summed E-state index contributed by atoms with van der Waals surface area (Å²) in [7, 11) is 0. The SMILES string of the molecule is O=Cc1cncc(-c2ccc(Cl)s2)c1. The maximum absolute atomic E-state index is 10.5. The summed E-state index contributed by atoms with van der Waals surface area (Å²) in [4.78, 5) is 15.5. The van der Waals surface area contributed by atoms with Crippen LogP contribution >= 0.6 is 22.9 Å². The third-order valence-electron chi connectivity index (χ3n) is 1.75. The van der Waals surface area contributed by atoms with Crippen molar-refractivity contribution in [2.24, 2.45) is 0 Å². The number of rotatable bonds is 2. The molecule has 0 saturated heterocycles. The van der Waals surface area contributed by atoms with Gasteiger partial charge in [-0.05, 0) is 18.2 Å². The minimum absolute atomic E-state index is 0.576. The highest BCUT2D eigenvalue weighted by atomic mass is 35.5. The Bertz CT molecular complexity index is 467. The van der Waals surface area contributed by atoms with Gasteiger partial charge >= 0.3 is 0 Å². The number of aromatic nitrogens is 1. The van der Waals surface area contributed by atoms with E-state index in [-0.39, 0.29) is 0 Å². The van der Waals surface area contributed by atoms with E-state index in [1.807, 2.05) is 12.1 Å². The first kappa shape index (κ1) is 9.37. The van der Waals surface area contributed by atoms with E-state index in [0.717, 1.165) is 21.1 Å². The summed E-state index contributed by atoms with van der Waals surface area (Å²) >= 11 is 7.28. The molecular formula is C10H6ClNOS. The number of halogens is 1. The maximum atomic E-state index is 10.5. The molecule has 0 aliphatic heterocycles. The fraction of sp³-hybridized carbons (Fsp3) is 0. The fourth-order valence-corrected chi connectivity index (χ4v) is 2.15. The van der Waals surface area contributed by atoms with Gasteiger partial charge in [-0.15, -0.1) is 11.3 Å². The number of pyridine rings is 1. The smallest absolute Gasteiger partial charge is 0.151 e. The highest BCUT2D eigenvalue weighted by molar-refractivity contribution is 7.19. The molecule has 0 atom stereocenters. The molecule has 0 radical (unpaired) electrons. The first-order valence-corrected chi connectivity index (χ1v) is 5.15. The normalized spacial score (nSPS) is 10.1. The van der Waals surface area contributed by atoms with Crippen molar-refractivity contribution < 1.29 is 4.79 Å². The number of nitrogens with zero attached hydrogens (tertiary/aromatic N) is 1. The molecule has 0 aromatic carbocycles. The Morgan fingerprint density at radius 3 is 2.86 bits per heavy atom. The van der Waals surface area contributed by atoms with E-state index < -0.39 is 0 Å². The molecule has 0 bridgehead atoms. The van der Waals surface area contributed by atoms with Gasteiger partial charge in [-0.3, -0.25) is 9.78 Å². The summed E-state index contributed by atoms with van der Waals surface area (Å²) < 4.78 is 0.733. The Hall–Kier alpha value is -1.19. The van der Waals surface area contributed by atoms with Crippen molar-refractivity contribution in [3.8, 4) is 10.4 Å². The van der Waals surface area contributed by atoms with Crippen LogP contribution in [0.15, 0.2) is 30.6 Å². The first-order chi connectivity index (χ1) is 6.79. The predicted molar refractivity (Wildman–Crippen MR) is 57.9 cm³/mol. The zero-order valence-corrected chi connectivity index (χ0v) is 8.68. The summed E-state index contributed by atoms with van der Waals surface area (Å²) in [6.45, 7) is 0. The van der Waals surface area contributed by atoms with Crippen molar-refractivity contribution in [1.82, 2.24) is 4.98 Å². The van der Waals surface area contributed by atoms with Crippen molar-refractivity contribution >= 4 is 29.2 Å². The third-order valence-corrected chi connectivity index (χ3v) is 3.03. The van der Waals surface area contributed by atoms with Crippen molar-refractivity contribution in [3.05, 3.63) is 40.5 Å². The lowest BCUT2D eigenvalue weighted by Crippen LogP contribution is -1.83. The van der Waals surface area contributed by atoms with Crippen molar-refractivity contribution in [3.63, 3.8) is 0 Å². The quantitative estimate of drug-likeness (QED) is 0.732. The molecule has 14 heavy (non-hydrogen) atoms. The zero-order chi connectivity index (χ0) is 9.97. The van der Waals surface area contributed by atoms with Crippen LogP contribution in [-0.4, -0.2) is 11.3 Å². The molecule has 0 fully saturated rings. The lowest BCUT2D eigenvalue weighted by Gasteiger charge is -1.96. The van der Waals surface area contributed by atoms with Crippen LogP contribution in [0.1, 0.15) is 10.4 Å². The molecule has 2 rings (SSSR count). The molecule has 2 aromatic rings. The molecule has 0 amide bonds. The van der Waals surface area contributed by atoms with Crippen LogP contribution in [0.3, 0.4) is 0 Å². The Morgan fingerprint density at radius 2 is 2.21 bits per heavy atom. The average molecular weight is 224 g/mol. The summed E-state index contributed by atoms with van der Waals surface area (Å²) in [6, 6.07) is 5.54. The third kappa shape index (κ3) is 1.84. The van der Waals surface area contributed by atoms with Gasteiger partial charge < -0.3 is 0 Å². The number of carbonyl (C=O) groups is 1. The summed E-state index contributed by atoms with van der Waals surface area (Å²) in [5.41, 5.74) is 1.50. The van der Waals surface area contributed by atoms with Crippen LogP contribution < -0.4 is 0 Å².